The normalized spacial score (nSPS) is 10.4. The summed E-state index contributed by atoms with van der Waals surface area (Å²) in [5.74, 6) is 9.42. The van der Waals surface area contributed by atoms with Crippen molar-refractivity contribution in [2.45, 2.75) is 25.7 Å². The summed E-state index contributed by atoms with van der Waals surface area (Å²) in [4.78, 5) is 42.6. The number of aromatic nitrogens is 2. The maximum atomic E-state index is 12.4. The molecule has 11 N–H and O–H groups in total. The number of rotatable bonds is 9. The number of anilines is 2. The molecule has 27 heavy (non-hydrogen) atoms. The van der Waals surface area contributed by atoms with Gasteiger partial charge >= 0.3 is 12.1 Å². The lowest BCUT2D eigenvalue weighted by molar-refractivity contribution is 0.0948. The first kappa shape index (κ1) is 22.3. The Morgan fingerprint density at radius 1 is 0.926 bits per heavy atom. The molecule has 1 aromatic rings. The molecule has 5 amide bonds. The third-order valence-electron chi connectivity index (χ3n) is 3.38. The first-order valence-electron chi connectivity index (χ1n) is 7.95. The average Bonchev–Trinajstić information content (AvgIpc) is 2.62. The number of carbonyl (C=O) groups is 3. The van der Waals surface area contributed by atoms with E-state index in [4.69, 9.17) is 40.5 Å². The van der Waals surface area contributed by atoms with Crippen molar-refractivity contribution in [1.29, 1.82) is 0 Å². The largest absolute Gasteiger partial charge is 0.351 e. The number of primary amides is 2. The van der Waals surface area contributed by atoms with Crippen LogP contribution in [0.5, 0.6) is 0 Å². The number of nitrogens with zero attached hydrogens (tertiary/aromatic N) is 4. The maximum Gasteiger partial charge on any atom is 0.335 e. The Hall–Kier alpha value is -2.74. The number of nitrogens with two attached hydrogens (primary N) is 5. The van der Waals surface area contributed by atoms with Crippen LogP contribution in [0.2, 0.25) is 5.15 Å². The number of amides is 5. The fourth-order valence-electron chi connectivity index (χ4n) is 1.99. The molecule has 0 saturated heterocycles. The van der Waals surface area contributed by atoms with Gasteiger partial charge in [-0.25, -0.2) is 41.3 Å². The maximum absolute atomic E-state index is 12.4. The molecule has 150 valence electrons. The summed E-state index contributed by atoms with van der Waals surface area (Å²) in [7, 11) is 0. The monoisotopic (exact) mass is 402 g/mol. The highest BCUT2D eigenvalue weighted by atomic mass is 35.5. The molecule has 0 radical (unpaired) electrons. The molecule has 0 atom stereocenters. The number of hydrogen-bond donors (Lipinski definition) is 6. The Labute approximate surface area is 160 Å². The van der Waals surface area contributed by atoms with E-state index < -0.39 is 34.8 Å². The van der Waals surface area contributed by atoms with Gasteiger partial charge in [-0.15, -0.1) is 0 Å². The lowest BCUT2D eigenvalue weighted by Gasteiger charge is -2.20. The number of unbranched alkanes of at least 4 members (excludes halogenated alkanes) is 3. The first-order valence-corrected chi connectivity index (χ1v) is 8.32. The van der Waals surface area contributed by atoms with Gasteiger partial charge in [0.15, 0.2) is 22.5 Å². The van der Waals surface area contributed by atoms with Crippen LogP contribution < -0.4 is 44.2 Å². The summed E-state index contributed by atoms with van der Waals surface area (Å²) >= 11 is 5.92. The van der Waals surface area contributed by atoms with Gasteiger partial charge in [0.05, 0.1) is 0 Å². The van der Waals surface area contributed by atoms with Crippen LogP contribution in [0.25, 0.3) is 0 Å². The molecule has 1 heterocycles. The van der Waals surface area contributed by atoms with Crippen molar-refractivity contribution in [3.8, 4) is 0 Å². The third kappa shape index (κ3) is 6.18. The number of hydrazine groups is 2. The first-order chi connectivity index (χ1) is 12.7. The predicted octanol–water partition coefficient (Wildman–Crippen LogP) is -1.10. The Balaban J connectivity index is 3.06. The number of urea groups is 2. The lowest BCUT2D eigenvalue weighted by atomic mass is 10.2. The van der Waals surface area contributed by atoms with Gasteiger partial charge in [0.25, 0.3) is 5.91 Å². The van der Waals surface area contributed by atoms with E-state index in [9.17, 15) is 14.4 Å². The van der Waals surface area contributed by atoms with Crippen molar-refractivity contribution in [3.05, 3.63) is 10.8 Å². The topological polar surface area (TPSA) is 226 Å². The molecule has 1 rings (SSSR count). The standard InChI is InChI=1S/C13H23ClN10O3/c14-8-10(24(19)13(17)27)22-9(23(18)12(16)26)7(21-8)11(25)20-6-4-2-1-3-5-15/h1-6,15,18-19H2,(H2,16,26)(H2,17,27)(H,20,25). The Morgan fingerprint density at radius 2 is 1.48 bits per heavy atom. The van der Waals surface area contributed by atoms with Crippen LogP contribution >= 0.6 is 11.6 Å². The minimum absolute atomic E-state index is 0.343. The zero-order chi connectivity index (χ0) is 20.6. The van der Waals surface area contributed by atoms with Gasteiger partial charge in [-0.2, -0.15) is 0 Å². The zero-order valence-electron chi connectivity index (χ0n) is 14.5. The van der Waals surface area contributed by atoms with E-state index in [0.29, 0.717) is 29.5 Å². The van der Waals surface area contributed by atoms with Gasteiger partial charge < -0.3 is 22.5 Å². The third-order valence-corrected chi connectivity index (χ3v) is 3.63. The van der Waals surface area contributed by atoms with Crippen LogP contribution in [0.3, 0.4) is 0 Å². The molecule has 0 saturated carbocycles. The molecule has 13 nitrogen and oxygen atoms in total. The molecule has 0 fully saturated rings. The highest BCUT2D eigenvalue weighted by Gasteiger charge is 2.26. The van der Waals surface area contributed by atoms with E-state index in [0.717, 1.165) is 19.3 Å². The fourth-order valence-corrected chi connectivity index (χ4v) is 2.21. The lowest BCUT2D eigenvalue weighted by Crippen LogP contribution is -2.46. The Kier molecular flexibility index (Phi) is 8.61. The minimum Gasteiger partial charge on any atom is -0.351 e. The van der Waals surface area contributed by atoms with E-state index in [-0.39, 0.29) is 5.69 Å². The second kappa shape index (κ2) is 10.4. The van der Waals surface area contributed by atoms with Gasteiger partial charge in [0.2, 0.25) is 0 Å². The van der Waals surface area contributed by atoms with Gasteiger partial charge in [-0.05, 0) is 19.4 Å². The van der Waals surface area contributed by atoms with Crippen molar-refractivity contribution in [2.24, 2.45) is 28.9 Å². The molecule has 1 aromatic heterocycles. The summed E-state index contributed by atoms with van der Waals surface area (Å²) in [5.41, 5.74) is 15.2. The van der Waals surface area contributed by atoms with Gasteiger partial charge in [0, 0.05) is 6.54 Å². The quantitative estimate of drug-likeness (QED) is 0.128. The molecule has 0 aliphatic rings. The summed E-state index contributed by atoms with van der Waals surface area (Å²) in [5, 5.41) is 2.96. The van der Waals surface area contributed by atoms with Crippen LogP contribution in [0.4, 0.5) is 21.2 Å². The smallest absolute Gasteiger partial charge is 0.335 e. The minimum atomic E-state index is -1.13. The van der Waals surface area contributed by atoms with Crippen molar-refractivity contribution in [2.75, 3.05) is 23.1 Å². The van der Waals surface area contributed by atoms with Crippen molar-refractivity contribution in [3.63, 3.8) is 0 Å². The van der Waals surface area contributed by atoms with E-state index in [2.05, 4.69) is 15.3 Å². The van der Waals surface area contributed by atoms with Crippen molar-refractivity contribution < 1.29 is 14.4 Å². The van der Waals surface area contributed by atoms with Crippen LogP contribution in [-0.2, 0) is 0 Å². The van der Waals surface area contributed by atoms with E-state index in [1.54, 1.807) is 0 Å². The second-order valence-electron chi connectivity index (χ2n) is 5.39. The fraction of sp³-hybridized carbons (Fsp3) is 0.462. The predicted molar refractivity (Wildman–Crippen MR) is 99.4 cm³/mol. The second-order valence-corrected chi connectivity index (χ2v) is 5.74. The number of nitrogens with one attached hydrogen (secondary N) is 1. The average molecular weight is 403 g/mol. The highest BCUT2D eigenvalue weighted by molar-refractivity contribution is 6.32. The van der Waals surface area contributed by atoms with E-state index >= 15 is 0 Å². The SMILES string of the molecule is NCCCCCCNC(=O)c1nc(Cl)c(N(N)C(N)=O)nc1N(N)C(N)=O. The summed E-state index contributed by atoms with van der Waals surface area (Å²) in [6.45, 7) is 0.953. The number of hydrogen-bond acceptors (Lipinski definition) is 8. The van der Waals surface area contributed by atoms with Crippen molar-refractivity contribution >= 4 is 41.2 Å². The van der Waals surface area contributed by atoms with Gasteiger partial charge in [-0.3, -0.25) is 4.79 Å². The molecule has 0 spiro atoms. The molecule has 0 aliphatic heterocycles. The van der Waals surface area contributed by atoms with Crippen LogP contribution in [-0.4, -0.2) is 41.0 Å². The Morgan fingerprint density at radius 3 is 2.04 bits per heavy atom. The Bertz CT molecular complexity index is 701. The molecular formula is C13H23ClN10O3. The van der Waals surface area contributed by atoms with E-state index in [1.807, 2.05) is 0 Å². The van der Waals surface area contributed by atoms with Gasteiger partial charge in [0.1, 0.15) is 0 Å². The molecule has 0 aromatic carbocycles. The van der Waals surface area contributed by atoms with E-state index in [1.165, 1.54) is 0 Å². The molecular weight excluding hydrogens is 380 g/mol. The van der Waals surface area contributed by atoms with Crippen molar-refractivity contribution in [1.82, 2.24) is 15.3 Å². The molecule has 14 heteroatoms. The summed E-state index contributed by atoms with van der Waals surface area (Å²) in [6.07, 6.45) is 3.42. The van der Waals surface area contributed by atoms with Gasteiger partial charge in [-0.1, -0.05) is 24.4 Å². The highest BCUT2D eigenvalue weighted by Crippen LogP contribution is 2.25. The number of carbonyl (C=O) groups excluding carboxylic acids is 3. The molecule has 0 aliphatic carbocycles. The molecule has 0 bridgehead atoms. The zero-order valence-corrected chi connectivity index (χ0v) is 15.3. The molecule has 0 unspecified atom stereocenters. The van der Waals surface area contributed by atoms with Crippen LogP contribution in [0.1, 0.15) is 36.2 Å². The summed E-state index contributed by atoms with van der Waals surface area (Å²) in [6, 6.07) is -2.23. The number of halogens is 1. The summed E-state index contributed by atoms with van der Waals surface area (Å²) < 4.78 is 0. The van der Waals surface area contributed by atoms with Crippen LogP contribution in [0.15, 0.2) is 0 Å². The van der Waals surface area contributed by atoms with Crippen LogP contribution in [0, 0.1) is 0 Å².